The number of amides is 5. The van der Waals surface area contributed by atoms with Gasteiger partial charge in [0.15, 0.2) is 11.5 Å². The Morgan fingerprint density at radius 1 is 0.881 bits per heavy atom. The van der Waals surface area contributed by atoms with Gasteiger partial charge in [0, 0.05) is 74.3 Å². The lowest BCUT2D eigenvalue weighted by Crippen LogP contribution is -2.77. The summed E-state index contributed by atoms with van der Waals surface area (Å²) in [5.41, 5.74) is 4.20. The zero-order valence-corrected chi connectivity index (χ0v) is 34.0. The normalized spacial score (nSPS) is 24.5. The number of piperazine rings is 1. The first-order chi connectivity index (χ1) is 28.0. The van der Waals surface area contributed by atoms with Gasteiger partial charge in [-0.3, -0.25) is 38.7 Å². The van der Waals surface area contributed by atoms with Gasteiger partial charge >= 0.3 is 0 Å². The van der Waals surface area contributed by atoms with Crippen LogP contribution in [0.4, 0.5) is 15.9 Å². The van der Waals surface area contributed by atoms with Crippen LogP contribution in [-0.4, -0.2) is 118 Å². The number of anilines is 2. The summed E-state index contributed by atoms with van der Waals surface area (Å²) < 4.78 is 22.3. The Hall–Kier alpha value is -5.66. The molecule has 1 aliphatic carbocycles. The number of hydrogen-bond donors (Lipinski definition) is 1. The van der Waals surface area contributed by atoms with Gasteiger partial charge in [0.1, 0.15) is 29.8 Å². The number of fused-ring (bicyclic) bond motifs is 1. The van der Waals surface area contributed by atoms with E-state index in [1.807, 2.05) is 38.7 Å². The molecular formula is C42H45ClFN9O6. The number of aromatic nitrogens is 2. The fourth-order valence-corrected chi connectivity index (χ4v) is 10.6. The largest absolute Gasteiger partial charge is 0.489 e. The molecule has 0 bridgehead atoms. The molecule has 59 heavy (non-hydrogen) atoms. The lowest BCUT2D eigenvalue weighted by atomic mass is 9.48. The third-order valence-corrected chi connectivity index (χ3v) is 13.2. The molecule has 2 N–H and O–H groups in total. The molecule has 5 amide bonds. The van der Waals surface area contributed by atoms with Gasteiger partial charge < -0.3 is 20.3 Å². The number of rotatable bonds is 8. The van der Waals surface area contributed by atoms with Gasteiger partial charge in [-0.2, -0.15) is 5.26 Å². The van der Waals surface area contributed by atoms with Crippen molar-refractivity contribution in [2.24, 2.45) is 16.6 Å². The molecule has 0 radical (unpaired) electrons. The number of carbonyl (C=O) groups excluding carboxylic acids is 5. The summed E-state index contributed by atoms with van der Waals surface area (Å²) in [6.45, 7) is 11.7. The molecule has 1 saturated carbocycles. The molecule has 1 atom stereocenters. The summed E-state index contributed by atoms with van der Waals surface area (Å²) in [6, 6.07) is 11.3. The average Bonchev–Trinajstić information content (AvgIpc) is 3.47. The molecule has 15 nitrogen and oxygen atoms in total. The fraction of sp³-hybridized carbons (Fsp3) is 0.476. The summed E-state index contributed by atoms with van der Waals surface area (Å²) in [5, 5.41) is 17.6. The van der Waals surface area contributed by atoms with Crippen LogP contribution in [0.1, 0.15) is 90.1 Å². The molecule has 4 aliphatic heterocycles. The van der Waals surface area contributed by atoms with E-state index in [0.717, 1.165) is 43.9 Å². The van der Waals surface area contributed by atoms with Gasteiger partial charge in [0.05, 0.1) is 27.8 Å². The van der Waals surface area contributed by atoms with Crippen LogP contribution in [0.3, 0.4) is 0 Å². The third kappa shape index (κ3) is 6.73. The van der Waals surface area contributed by atoms with Crippen molar-refractivity contribution in [3.8, 4) is 11.8 Å². The van der Waals surface area contributed by atoms with E-state index < -0.39 is 64.4 Å². The second kappa shape index (κ2) is 14.9. The number of imide groups is 2. The molecular weight excluding hydrogens is 781 g/mol. The monoisotopic (exact) mass is 825 g/mol. The minimum absolute atomic E-state index is 0.0682. The molecule has 8 rings (SSSR count). The van der Waals surface area contributed by atoms with Crippen LogP contribution >= 0.6 is 11.6 Å². The molecule has 3 aromatic rings. The first kappa shape index (κ1) is 40.1. The standard InChI is InChI=1S/C42H45ClFN9O6/c1-41(2)39(42(3,4)40(41)59-26-6-5-23(22-45)28(43)21-26)53-33(54)10-8-31(37(53)57)52-36(56)27-19-25(20-29(44)34(27)38(52)58)50-17-15-49(16-18-50)24-11-13-51(14-12-24)32-9-7-30(35(46)55)47-48-32/h5-7,9,19-21,24,31,39-40H,8,10-18H2,1-4H3,(H2,46,55). The van der Waals surface area contributed by atoms with Crippen molar-refractivity contribution in [3.63, 3.8) is 0 Å². The van der Waals surface area contributed by atoms with E-state index in [2.05, 4.69) is 20.0 Å². The smallest absolute Gasteiger partial charge is 0.269 e. The van der Waals surface area contributed by atoms with Gasteiger partial charge in [-0.15, -0.1) is 10.2 Å². The van der Waals surface area contributed by atoms with E-state index in [1.54, 1.807) is 36.4 Å². The molecule has 17 heteroatoms. The molecule has 308 valence electrons. The maximum Gasteiger partial charge on any atom is 0.269 e. The van der Waals surface area contributed by atoms with Gasteiger partial charge in [-0.25, -0.2) is 4.39 Å². The van der Waals surface area contributed by atoms with Crippen molar-refractivity contribution in [2.45, 2.75) is 77.6 Å². The van der Waals surface area contributed by atoms with E-state index >= 15 is 4.39 Å². The van der Waals surface area contributed by atoms with Crippen LogP contribution in [0.2, 0.25) is 5.02 Å². The van der Waals surface area contributed by atoms with Gasteiger partial charge in [-0.05, 0) is 55.7 Å². The Labute approximate surface area is 345 Å². The van der Waals surface area contributed by atoms with Crippen LogP contribution in [0, 0.1) is 28.0 Å². The van der Waals surface area contributed by atoms with Gasteiger partial charge in [0.2, 0.25) is 5.91 Å². The number of nitriles is 1. The molecule has 4 fully saturated rings. The topological polar surface area (TPSA) is 186 Å². The Balaban J connectivity index is 0.925. The van der Waals surface area contributed by atoms with Gasteiger partial charge in [-0.1, -0.05) is 39.3 Å². The maximum absolute atomic E-state index is 15.9. The number of likely N-dealkylation sites (tertiary alicyclic amines) is 1. The zero-order chi connectivity index (χ0) is 42.1. The Kier molecular flexibility index (Phi) is 10.1. The van der Waals surface area contributed by atoms with Crippen molar-refractivity contribution in [1.82, 2.24) is 24.9 Å². The second-order valence-electron chi connectivity index (χ2n) is 17.2. The van der Waals surface area contributed by atoms with Crippen molar-refractivity contribution < 1.29 is 33.1 Å². The molecule has 5 aliphatic rings. The van der Waals surface area contributed by atoms with Crippen molar-refractivity contribution in [1.29, 1.82) is 5.26 Å². The number of nitrogens with zero attached hydrogens (tertiary/aromatic N) is 8. The number of hydrogen-bond acceptors (Lipinski definition) is 12. The number of carbonyl (C=O) groups is 5. The SMILES string of the molecule is CC1(C)C(Oc2ccc(C#N)c(Cl)c2)C(C)(C)C1N1C(=O)CCC(N2C(=O)c3cc(N4CCN(C5CCN(c6ccc(C(N)=O)nn6)CC5)CC4)cc(F)c3C2=O)C1=O. The van der Waals surface area contributed by atoms with E-state index in [0.29, 0.717) is 41.9 Å². The summed E-state index contributed by atoms with van der Waals surface area (Å²) in [7, 11) is 0. The highest BCUT2D eigenvalue weighted by Gasteiger charge is 2.68. The Morgan fingerprint density at radius 2 is 1.58 bits per heavy atom. The predicted molar refractivity (Wildman–Crippen MR) is 213 cm³/mol. The summed E-state index contributed by atoms with van der Waals surface area (Å²) in [6.07, 6.45) is 1.17. The zero-order valence-electron chi connectivity index (χ0n) is 33.3. The minimum atomic E-state index is -1.29. The van der Waals surface area contributed by atoms with Crippen LogP contribution in [0.15, 0.2) is 42.5 Å². The highest BCUT2D eigenvalue weighted by Crippen LogP contribution is 2.58. The van der Waals surface area contributed by atoms with E-state index in [-0.39, 0.29) is 34.7 Å². The summed E-state index contributed by atoms with van der Waals surface area (Å²) in [4.78, 5) is 75.8. The molecule has 5 heterocycles. The van der Waals surface area contributed by atoms with Crippen molar-refractivity contribution in [3.05, 3.63) is 75.7 Å². The predicted octanol–water partition coefficient (Wildman–Crippen LogP) is 4.03. The van der Waals surface area contributed by atoms with Gasteiger partial charge in [0.25, 0.3) is 23.6 Å². The number of benzene rings is 2. The number of ether oxygens (including phenoxy) is 1. The molecule has 2 aromatic carbocycles. The molecule has 3 saturated heterocycles. The van der Waals surface area contributed by atoms with E-state index in [9.17, 15) is 29.2 Å². The van der Waals surface area contributed by atoms with Crippen LogP contribution in [0.5, 0.6) is 5.75 Å². The maximum atomic E-state index is 15.9. The highest BCUT2D eigenvalue weighted by atomic mass is 35.5. The number of nitrogens with two attached hydrogens (primary N) is 1. The lowest BCUT2D eigenvalue weighted by Gasteiger charge is -2.65. The van der Waals surface area contributed by atoms with Crippen molar-refractivity contribution in [2.75, 3.05) is 49.1 Å². The first-order valence-electron chi connectivity index (χ1n) is 19.8. The molecule has 1 unspecified atom stereocenters. The van der Waals surface area contributed by atoms with E-state index in [1.165, 1.54) is 11.0 Å². The van der Waals surface area contributed by atoms with Crippen LogP contribution in [0.25, 0.3) is 0 Å². The number of halogens is 2. The fourth-order valence-electron chi connectivity index (χ4n) is 10.4. The highest BCUT2D eigenvalue weighted by molar-refractivity contribution is 6.31. The first-order valence-corrected chi connectivity index (χ1v) is 20.2. The molecule has 1 aromatic heterocycles. The summed E-state index contributed by atoms with van der Waals surface area (Å²) >= 11 is 6.26. The Morgan fingerprint density at radius 3 is 2.19 bits per heavy atom. The molecule has 0 spiro atoms. The Bertz CT molecular complexity index is 2280. The summed E-state index contributed by atoms with van der Waals surface area (Å²) in [5.74, 6) is -3.08. The van der Waals surface area contributed by atoms with Crippen molar-refractivity contribution >= 4 is 52.6 Å². The lowest BCUT2D eigenvalue weighted by molar-refractivity contribution is -0.216. The second-order valence-corrected chi connectivity index (χ2v) is 17.6. The quantitative estimate of drug-likeness (QED) is 0.322. The third-order valence-electron chi connectivity index (χ3n) is 12.9. The van der Waals surface area contributed by atoms with Crippen LogP contribution < -0.4 is 20.3 Å². The van der Waals surface area contributed by atoms with Crippen LogP contribution in [-0.2, 0) is 9.59 Å². The number of primary amides is 1. The minimum Gasteiger partial charge on any atom is -0.489 e. The number of piperidine rings is 2. The van der Waals surface area contributed by atoms with E-state index in [4.69, 9.17) is 22.1 Å². The average molecular weight is 826 g/mol.